The van der Waals surface area contributed by atoms with E-state index in [0.717, 1.165) is 5.56 Å². The lowest BCUT2D eigenvalue weighted by atomic mass is 10.1. The number of nitrogens with two attached hydrogens (primary N) is 5. The largest absolute Gasteiger partial charge is 0.491 e. The molecule has 1 unspecified atom stereocenters. The molecule has 15 nitrogen and oxygen atoms in total. The van der Waals surface area contributed by atoms with Crippen molar-refractivity contribution in [2.45, 2.75) is 30.7 Å². The first-order valence-corrected chi connectivity index (χ1v) is 15.7. The second-order valence-corrected chi connectivity index (χ2v) is 12.7. The van der Waals surface area contributed by atoms with Gasteiger partial charge in [0.25, 0.3) is 30.4 Å². The van der Waals surface area contributed by atoms with Gasteiger partial charge in [-0.05, 0) is 61.7 Å². The molecule has 40 heavy (non-hydrogen) atoms. The van der Waals surface area contributed by atoms with Gasteiger partial charge in [0.15, 0.2) is 0 Å². The lowest BCUT2D eigenvalue weighted by Gasteiger charge is -2.13. The summed E-state index contributed by atoms with van der Waals surface area (Å²) in [5.74, 6) is 0.0808. The first-order valence-electron chi connectivity index (χ1n) is 11.2. The summed E-state index contributed by atoms with van der Waals surface area (Å²) in [6.07, 6.45) is 3.40. The first-order chi connectivity index (χ1) is 18.2. The van der Waals surface area contributed by atoms with E-state index in [9.17, 15) is 25.3 Å². The third-order valence-electron chi connectivity index (χ3n) is 4.92. The number of ether oxygens (including phenoxy) is 1. The predicted molar refractivity (Wildman–Crippen MR) is 152 cm³/mol. The topological polar surface area (TPSA) is 302 Å². The minimum Gasteiger partial charge on any atom is -0.491 e. The zero-order valence-electron chi connectivity index (χ0n) is 21.3. The van der Waals surface area contributed by atoms with E-state index in [1.54, 1.807) is 12.1 Å². The number of anilines is 3. The number of rotatable bonds is 7. The maximum Gasteiger partial charge on any atom is 0.296 e. The van der Waals surface area contributed by atoms with E-state index in [1.807, 2.05) is 6.92 Å². The van der Waals surface area contributed by atoms with Crippen LogP contribution in [-0.4, -0.2) is 57.3 Å². The molecule has 13 N–H and O–H groups in total. The number of hydrogen-bond donors (Lipinski definition) is 8. The molecule has 0 radical (unpaired) electrons. The van der Waals surface area contributed by atoms with Gasteiger partial charge >= 0.3 is 0 Å². The number of hydrogen-bond acceptors (Lipinski definition) is 12. The van der Waals surface area contributed by atoms with Crippen LogP contribution in [0, 0.1) is 6.92 Å². The zero-order chi connectivity index (χ0) is 30.9. The summed E-state index contributed by atoms with van der Waals surface area (Å²) >= 11 is 0. The molecule has 2 aromatic carbocycles. The van der Waals surface area contributed by atoms with Crippen LogP contribution in [-0.2, 0) is 30.4 Å². The molecule has 0 saturated heterocycles. The van der Waals surface area contributed by atoms with Crippen LogP contribution in [0.3, 0.4) is 0 Å². The van der Waals surface area contributed by atoms with Gasteiger partial charge < -0.3 is 33.4 Å². The Morgan fingerprint density at radius 3 is 1.93 bits per heavy atom. The van der Waals surface area contributed by atoms with Crippen molar-refractivity contribution < 1.29 is 43.6 Å². The van der Waals surface area contributed by atoms with Gasteiger partial charge in [-0.15, -0.1) is 0 Å². The molecule has 0 saturated carbocycles. The Morgan fingerprint density at radius 1 is 0.875 bits per heavy atom. The standard InChI is InChI=1S/C10H16N2O4S.C6H10N2O3S.C6H7NO3S/c1-7-5-9(12)10(6-8(7)11)16-3-2-4-17(13,14)15;7-4-1-2-5(8)6(3-4)12(9,10)11;7-5-1-3-6(4-2-5)11(8,9)10/h5-6H,2-4,11-12H2,1H3,(H,13,14,15);2-4H,1,7-8H2,(H,9,10,11);1-4H,7H2,(H,8,9,10). The van der Waals surface area contributed by atoms with Gasteiger partial charge in [-0.2, -0.15) is 25.3 Å². The van der Waals surface area contributed by atoms with Crippen LogP contribution in [0.25, 0.3) is 0 Å². The van der Waals surface area contributed by atoms with Crippen molar-refractivity contribution in [1.29, 1.82) is 0 Å². The van der Waals surface area contributed by atoms with Gasteiger partial charge in [-0.25, -0.2) is 0 Å². The van der Waals surface area contributed by atoms with Crippen LogP contribution in [0.1, 0.15) is 18.4 Å². The smallest absolute Gasteiger partial charge is 0.296 e. The van der Waals surface area contributed by atoms with E-state index < -0.39 is 36.4 Å². The Balaban J connectivity index is 0.000000309. The minimum atomic E-state index is -4.22. The molecule has 0 aromatic heterocycles. The van der Waals surface area contributed by atoms with Crippen molar-refractivity contribution in [3.63, 3.8) is 0 Å². The lowest BCUT2D eigenvalue weighted by Crippen LogP contribution is -2.24. The quantitative estimate of drug-likeness (QED) is 0.119. The number of nitrogen functional groups attached to an aromatic ring is 3. The average Bonchev–Trinajstić information content (AvgIpc) is 2.81. The van der Waals surface area contributed by atoms with Crippen molar-refractivity contribution in [2.24, 2.45) is 11.5 Å². The van der Waals surface area contributed by atoms with E-state index in [-0.39, 0.29) is 34.3 Å². The van der Waals surface area contributed by atoms with Crippen molar-refractivity contribution >= 4 is 47.4 Å². The van der Waals surface area contributed by atoms with Crippen LogP contribution in [0.4, 0.5) is 17.1 Å². The highest BCUT2D eigenvalue weighted by Crippen LogP contribution is 2.27. The molecular formula is C22H33N5O10S3. The summed E-state index contributed by atoms with van der Waals surface area (Å²) in [6.45, 7) is 1.97. The number of aryl methyl sites for hydroxylation is 1. The molecule has 0 spiro atoms. The molecule has 2 aromatic rings. The van der Waals surface area contributed by atoms with E-state index in [1.165, 1.54) is 36.4 Å². The Labute approximate surface area is 232 Å². The van der Waals surface area contributed by atoms with E-state index >= 15 is 0 Å². The summed E-state index contributed by atoms with van der Waals surface area (Å²) < 4.78 is 94.1. The van der Waals surface area contributed by atoms with Gasteiger partial charge in [0.1, 0.15) is 10.7 Å². The van der Waals surface area contributed by atoms with Gasteiger partial charge in [0.2, 0.25) is 0 Å². The Kier molecular flexibility index (Phi) is 12.4. The molecule has 18 heteroatoms. The number of benzene rings is 2. The highest BCUT2D eigenvalue weighted by Gasteiger charge is 2.20. The first kappa shape index (κ1) is 34.6. The van der Waals surface area contributed by atoms with Gasteiger partial charge in [-0.3, -0.25) is 13.7 Å². The molecule has 224 valence electrons. The maximum absolute atomic E-state index is 10.7. The molecule has 0 bridgehead atoms. The van der Waals surface area contributed by atoms with Crippen molar-refractivity contribution in [1.82, 2.24) is 0 Å². The van der Waals surface area contributed by atoms with Crippen LogP contribution in [0.5, 0.6) is 5.75 Å². The minimum absolute atomic E-state index is 0.0548. The van der Waals surface area contributed by atoms with E-state index in [4.69, 9.17) is 47.1 Å². The Morgan fingerprint density at radius 2 is 1.45 bits per heavy atom. The van der Waals surface area contributed by atoms with Crippen molar-refractivity contribution in [3.8, 4) is 5.75 Å². The molecule has 0 aliphatic heterocycles. The molecule has 0 heterocycles. The third kappa shape index (κ3) is 12.6. The molecule has 3 rings (SSSR count). The molecular weight excluding hydrogens is 590 g/mol. The molecule has 0 fully saturated rings. The second kappa shape index (κ2) is 14.3. The van der Waals surface area contributed by atoms with Crippen LogP contribution >= 0.6 is 0 Å². The summed E-state index contributed by atoms with van der Waals surface area (Å²) in [4.78, 5) is -0.437. The molecule has 1 atom stereocenters. The highest BCUT2D eigenvalue weighted by molar-refractivity contribution is 7.90. The second-order valence-electron chi connectivity index (χ2n) is 8.34. The fraction of sp³-hybridized carbons (Fsp3) is 0.273. The van der Waals surface area contributed by atoms with Crippen LogP contribution in [0.2, 0.25) is 0 Å². The van der Waals surface area contributed by atoms with E-state index in [2.05, 4.69) is 0 Å². The average molecular weight is 624 g/mol. The molecule has 0 amide bonds. The summed E-state index contributed by atoms with van der Waals surface area (Å²) in [7, 11) is -12.2. The maximum atomic E-state index is 10.7. The highest BCUT2D eigenvalue weighted by atomic mass is 32.2. The Hall–Kier alpha value is -3.39. The third-order valence-corrected chi connectivity index (χ3v) is 7.52. The summed E-state index contributed by atoms with van der Waals surface area (Å²) in [5.41, 5.74) is 29.8. The van der Waals surface area contributed by atoms with Gasteiger partial charge in [-0.1, -0.05) is 6.08 Å². The molecule has 1 aliphatic rings. The van der Waals surface area contributed by atoms with Crippen LogP contribution in [0.15, 0.2) is 64.0 Å². The van der Waals surface area contributed by atoms with Gasteiger partial charge in [0, 0.05) is 29.2 Å². The Bertz CT molecular complexity index is 1550. The normalized spacial score (nSPS) is 15.4. The SMILES string of the molecule is Cc1cc(N)c(OCCCS(=O)(=O)O)cc1N.NC1=CCC(N)C=C1S(=O)(=O)O.Nc1ccc(S(=O)(=O)O)cc1. The lowest BCUT2D eigenvalue weighted by molar-refractivity contribution is 0.318. The summed E-state index contributed by atoms with van der Waals surface area (Å²) in [5, 5.41) is 0. The predicted octanol–water partition coefficient (Wildman–Crippen LogP) is 0.663. The fourth-order valence-corrected chi connectivity index (χ4v) is 4.56. The van der Waals surface area contributed by atoms with Gasteiger partial charge in [0.05, 0.1) is 22.9 Å². The molecule has 1 aliphatic carbocycles. The summed E-state index contributed by atoms with van der Waals surface area (Å²) in [6, 6.07) is 8.18. The van der Waals surface area contributed by atoms with Crippen molar-refractivity contribution in [3.05, 3.63) is 64.7 Å². The van der Waals surface area contributed by atoms with Crippen molar-refractivity contribution in [2.75, 3.05) is 29.6 Å². The zero-order valence-corrected chi connectivity index (χ0v) is 23.8. The monoisotopic (exact) mass is 623 g/mol. The van der Waals surface area contributed by atoms with Crippen LogP contribution < -0.4 is 33.4 Å². The van der Waals surface area contributed by atoms with E-state index in [0.29, 0.717) is 29.2 Å². The fourth-order valence-electron chi connectivity index (χ4n) is 2.87.